The molecule has 2 bridgehead atoms. The van der Waals surface area contributed by atoms with Gasteiger partial charge in [0.25, 0.3) is 0 Å². The van der Waals surface area contributed by atoms with Gasteiger partial charge in [0.05, 0.1) is 6.07 Å². The molecule has 3 rings (SSSR count). The first kappa shape index (κ1) is 10.6. The van der Waals surface area contributed by atoms with E-state index in [0.717, 1.165) is 12.3 Å². The number of hydrogen-bond donors (Lipinski definition) is 1. The number of nitrogens with zero attached hydrogens (tertiary/aromatic N) is 1. The largest absolute Gasteiger partial charge is 0.296 e. The minimum absolute atomic E-state index is 0.134. The van der Waals surface area contributed by atoms with Gasteiger partial charge in [-0.3, -0.25) is 5.32 Å². The van der Waals surface area contributed by atoms with Crippen LogP contribution in [0.3, 0.4) is 0 Å². The third kappa shape index (κ3) is 1.66. The van der Waals surface area contributed by atoms with E-state index in [4.69, 9.17) is 0 Å². The Labute approximate surface area is 98.4 Å². The Bertz CT molecular complexity index is 300. The van der Waals surface area contributed by atoms with Gasteiger partial charge in [0, 0.05) is 6.04 Å². The van der Waals surface area contributed by atoms with Crippen molar-refractivity contribution < 1.29 is 0 Å². The van der Waals surface area contributed by atoms with Crippen molar-refractivity contribution in [1.29, 1.82) is 5.26 Å². The van der Waals surface area contributed by atoms with Gasteiger partial charge < -0.3 is 0 Å². The summed E-state index contributed by atoms with van der Waals surface area (Å²) in [5.41, 5.74) is -0.134. The van der Waals surface area contributed by atoms with Gasteiger partial charge in [-0.1, -0.05) is 19.3 Å². The molecule has 2 heteroatoms. The van der Waals surface area contributed by atoms with Crippen LogP contribution in [0.2, 0.25) is 0 Å². The highest BCUT2D eigenvalue weighted by molar-refractivity contribution is 5.19. The molecule has 0 heterocycles. The molecule has 0 amide bonds. The van der Waals surface area contributed by atoms with Gasteiger partial charge >= 0.3 is 0 Å². The molecular weight excluding hydrogens is 196 g/mol. The predicted octanol–water partition coefficient (Wildman–Crippen LogP) is 2.99. The van der Waals surface area contributed by atoms with Crippen LogP contribution in [0, 0.1) is 23.2 Å². The standard InChI is InChI=1S/C14H22N2/c15-10-14(9-11-6-7-12(14)8-11)16-13-4-2-1-3-5-13/h11-13,16H,1-9H2. The molecule has 3 aliphatic rings. The molecule has 16 heavy (non-hydrogen) atoms. The summed E-state index contributed by atoms with van der Waals surface area (Å²) in [6.07, 6.45) is 11.8. The van der Waals surface area contributed by atoms with Crippen LogP contribution in [0.5, 0.6) is 0 Å². The maximum atomic E-state index is 9.56. The molecule has 0 aromatic carbocycles. The van der Waals surface area contributed by atoms with Crippen molar-refractivity contribution in [3.8, 4) is 6.07 Å². The van der Waals surface area contributed by atoms with Crippen LogP contribution >= 0.6 is 0 Å². The van der Waals surface area contributed by atoms with Gasteiger partial charge in [0.2, 0.25) is 0 Å². The zero-order valence-electron chi connectivity index (χ0n) is 10.0. The highest BCUT2D eigenvalue weighted by Gasteiger charge is 2.52. The van der Waals surface area contributed by atoms with Crippen LogP contribution in [0.1, 0.15) is 57.8 Å². The maximum Gasteiger partial charge on any atom is 0.110 e. The molecule has 3 aliphatic carbocycles. The minimum atomic E-state index is -0.134. The minimum Gasteiger partial charge on any atom is -0.296 e. The number of nitrogens with one attached hydrogen (secondary N) is 1. The van der Waals surface area contributed by atoms with Crippen molar-refractivity contribution in [1.82, 2.24) is 5.32 Å². The highest BCUT2D eigenvalue weighted by atomic mass is 15.0. The molecule has 0 aliphatic heterocycles. The normalized spacial score (nSPS) is 43.4. The third-order valence-electron chi connectivity index (χ3n) is 5.12. The number of nitriles is 1. The second kappa shape index (κ2) is 4.04. The summed E-state index contributed by atoms with van der Waals surface area (Å²) in [5.74, 6) is 1.50. The lowest BCUT2D eigenvalue weighted by Gasteiger charge is -2.37. The SMILES string of the molecule is N#CC1(NC2CCCCC2)CC2CCC1C2. The molecule has 1 N–H and O–H groups in total. The summed E-state index contributed by atoms with van der Waals surface area (Å²) in [6.45, 7) is 0. The Balaban J connectivity index is 1.69. The Kier molecular flexibility index (Phi) is 2.67. The summed E-state index contributed by atoms with van der Waals surface area (Å²) in [5, 5.41) is 13.3. The lowest BCUT2D eigenvalue weighted by atomic mass is 9.80. The lowest BCUT2D eigenvalue weighted by Crippen LogP contribution is -2.53. The molecule has 0 spiro atoms. The maximum absolute atomic E-state index is 9.56. The van der Waals surface area contributed by atoms with E-state index in [1.807, 2.05) is 0 Å². The summed E-state index contributed by atoms with van der Waals surface area (Å²) in [7, 11) is 0. The van der Waals surface area contributed by atoms with Crippen molar-refractivity contribution >= 4 is 0 Å². The number of rotatable bonds is 2. The zero-order valence-corrected chi connectivity index (χ0v) is 10.0. The van der Waals surface area contributed by atoms with Crippen LogP contribution in [0.15, 0.2) is 0 Å². The van der Waals surface area contributed by atoms with Crippen molar-refractivity contribution in [3.63, 3.8) is 0 Å². The average molecular weight is 218 g/mol. The molecule has 3 atom stereocenters. The van der Waals surface area contributed by atoms with Gasteiger partial charge in [-0.05, 0) is 50.4 Å². The summed E-state index contributed by atoms with van der Waals surface area (Å²) in [4.78, 5) is 0. The Morgan fingerprint density at radius 1 is 1.06 bits per heavy atom. The Hall–Kier alpha value is -0.550. The second-order valence-corrected chi connectivity index (χ2v) is 6.14. The molecule has 2 nitrogen and oxygen atoms in total. The van der Waals surface area contributed by atoms with Crippen LogP contribution in [0.4, 0.5) is 0 Å². The van der Waals surface area contributed by atoms with E-state index in [1.165, 1.54) is 51.4 Å². The van der Waals surface area contributed by atoms with Crippen LogP contribution in [0.25, 0.3) is 0 Å². The van der Waals surface area contributed by atoms with Crippen molar-refractivity contribution in [2.75, 3.05) is 0 Å². The summed E-state index contributed by atoms with van der Waals surface area (Å²) in [6, 6.07) is 3.28. The van der Waals surface area contributed by atoms with Gasteiger partial charge in [0.1, 0.15) is 5.54 Å². The molecule has 0 aromatic rings. The van der Waals surface area contributed by atoms with Crippen LogP contribution in [-0.2, 0) is 0 Å². The summed E-state index contributed by atoms with van der Waals surface area (Å²) >= 11 is 0. The fraction of sp³-hybridized carbons (Fsp3) is 0.929. The topological polar surface area (TPSA) is 35.8 Å². The van der Waals surface area contributed by atoms with E-state index in [9.17, 15) is 5.26 Å². The molecule has 0 aromatic heterocycles. The van der Waals surface area contributed by atoms with E-state index >= 15 is 0 Å². The van der Waals surface area contributed by atoms with E-state index in [2.05, 4.69) is 11.4 Å². The molecule has 88 valence electrons. The van der Waals surface area contributed by atoms with Gasteiger partial charge in [0.15, 0.2) is 0 Å². The summed E-state index contributed by atoms with van der Waals surface area (Å²) < 4.78 is 0. The zero-order chi connectivity index (χ0) is 11.0. The Morgan fingerprint density at radius 3 is 2.44 bits per heavy atom. The molecule has 0 radical (unpaired) electrons. The molecule has 3 unspecified atom stereocenters. The first-order chi connectivity index (χ1) is 7.82. The number of hydrogen-bond acceptors (Lipinski definition) is 2. The van der Waals surface area contributed by atoms with Gasteiger partial charge in [-0.25, -0.2) is 0 Å². The lowest BCUT2D eigenvalue weighted by molar-refractivity contribution is 0.221. The Morgan fingerprint density at radius 2 is 1.88 bits per heavy atom. The molecule has 0 saturated heterocycles. The van der Waals surface area contributed by atoms with Crippen LogP contribution in [-0.4, -0.2) is 11.6 Å². The van der Waals surface area contributed by atoms with Crippen LogP contribution < -0.4 is 5.32 Å². The molecule has 3 fully saturated rings. The first-order valence-electron chi connectivity index (χ1n) is 7.01. The molecular formula is C14H22N2. The van der Waals surface area contributed by atoms with E-state index in [1.54, 1.807) is 0 Å². The number of fused-ring (bicyclic) bond motifs is 2. The second-order valence-electron chi connectivity index (χ2n) is 6.14. The van der Waals surface area contributed by atoms with Gasteiger partial charge in [-0.2, -0.15) is 5.26 Å². The van der Waals surface area contributed by atoms with E-state index in [-0.39, 0.29) is 5.54 Å². The van der Waals surface area contributed by atoms with Crippen molar-refractivity contribution in [2.45, 2.75) is 69.4 Å². The quantitative estimate of drug-likeness (QED) is 0.773. The monoisotopic (exact) mass is 218 g/mol. The highest BCUT2D eigenvalue weighted by Crippen LogP contribution is 2.50. The smallest absolute Gasteiger partial charge is 0.110 e. The average Bonchev–Trinajstić information content (AvgIpc) is 2.91. The fourth-order valence-electron chi connectivity index (χ4n) is 4.29. The van der Waals surface area contributed by atoms with Crippen molar-refractivity contribution in [2.24, 2.45) is 11.8 Å². The predicted molar refractivity (Wildman–Crippen MR) is 63.8 cm³/mol. The first-order valence-corrected chi connectivity index (χ1v) is 7.01. The van der Waals surface area contributed by atoms with Crippen molar-refractivity contribution in [3.05, 3.63) is 0 Å². The van der Waals surface area contributed by atoms with Gasteiger partial charge in [-0.15, -0.1) is 0 Å². The van der Waals surface area contributed by atoms with E-state index in [0.29, 0.717) is 12.0 Å². The third-order valence-corrected chi connectivity index (χ3v) is 5.12. The molecule has 3 saturated carbocycles. The van der Waals surface area contributed by atoms with E-state index < -0.39 is 0 Å². The fourth-order valence-corrected chi connectivity index (χ4v) is 4.29.